The molecule has 0 aromatic heterocycles. The molecule has 1 N–H and O–H groups in total. The molecule has 1 aliphatic heterocycles. The van der Waals surface area contributed by atoms with Gasteiger partial charge in [-0.05, 0) is 67.9 Å². The van der Waals surface area contributed by atoms with Crippen LogP contribution in [0, 0.1) is 5.92 Å². The van der Waals surface area contributed by atoms with E-state index in [-0.39, 0.29) is 0 Å². The Bertz CT molecular complexity index is 443. The Morgan fingerprint density at radius 3 is 2.33 bits per heavy atom. The van der Waals surface area contributed by atoms with Crippen molar-refractivity contribution in [2.24, 2.45) is 5.92 Å². The molecule has 21 heavy (non-hydrogen) atoms. The number of hydrogen-bond donors (Lipinski definition) is 1. The Labute approximate surface area is 130 Å². The van der Waals surface area contributed by atoms with Crippen LogP contribution in [0.15, 0.2) is 18.2 Å². The summed E-state index contributed by atoms with van der Waals surface area (Å²) in [6, 6.07) is 6.97. The molecule has 0 saturated carbocycles. The SMILES string of the molecule is CC(C)c1ccc(NCC2CCN(C)CC2)c(C(C)C)c1. The third-order valence-corrected chi connectivity index (χ3v) is 4.78. The van der Waals surface area contributed by atoms with Gasteiger partial charge in [0.05, 0.1) is 0 Å². The van der Waals surface area contributed by atoms with Crippen molar-refractivity contribution in [2.75, 3.05) is 32.0 Å². The van der Waals surface area contributed by atoms with E-state index in [2.05, 4.69) is 63.2 Å². The second-order valence-electron chi connectivity index (χ2n) is 7.28. The van der Waals surface area contributed by atoms with Gasteiger partial charge in [0.1, 0.15) is 0 Å². The average molecular weight is 288 g/mol. The minimum atomic E-state index is 0.573. The summed E-state index contributed by atoms with van der Waals surface area (Å²) in [5, 5.41) is 3.73. The van der Waals surface area contributed by atoms with E-state index in [9.17, 15) is 0 Å². The molecule has 0 amide bonds. The highest BCUT2D eigenvalue weighted by molar-refractivity contribution is 5.54. The van der Waals surface area contributed by atoms with Crippen molar-refractivity contribution in [3.8, 4) is 0 Å². The monoisotopic (exact) mass is 288 g/mol. The van der Waals surface area contributed by atoms with Crippen LogP contribution < -0.4 is 5.32 Å². The van der Waals surface area contributed by atoms with Crippen molar-refractivity contribution in [2.45, 2.75) is 52.4 Å². The molecular weight excluding hydrogens is 256 g/mol. The van der Waals surface area contributed by atoms with E-state index in [4.69, 9.17) is 0 Å². The van der Waals surface area contributed by atoms with Crippen LogP contribution >= 0.6 is 0 Å². The summed E-state index contributed by atoms with van der Waals surface area (Å²) in [4.78, 5) is 2.44. The molecule has 0 unspecified atom stereocenters. The molecule has 1 aromatic carbocycles. The van der Waals surface area contributed by atoms with Gasteiger partial charge in [0.2, 0.25) is 0 Å². The maximum atomic E-state index is 3.73. The van der Waals surface area contributed by atoms with Crippen LogP contribution in [-0.2, 0) is 0 Å². The zero-order valence-corrected chi connectivity index (χ0v) is 14.4. The summed E-state index contributed by atoms with van der Waals surface area (Å²) in [6.45, 7) is 12.7. The smallest absolute Gasteiger partial charge is 0.0375 e. The first-order valence-electron chi connectivity index (χ1n) is 8.53. The molecule has 0 aliphatic carbocycles. The van der Waals surface area contributed by atoms with Crippen LogP contribution in [0.3, 0.4) is 0 Å². The van der Waals surface area contributed by atoms with Crippen LogP contribution in [0.2, 0.25) is 0 Å². The lowest BCUT2D eigenvalue weighted by Gasteiger charge is -2.29. The topological polar surface area (TPSA) is 15.3 Å². The lowest BCUT2D eigenvalue weighted by Crippen LogP contribution is -2.33. The lowest BCUT2D eigenvalue weighted by molar-refractivity contribution is 0.226. The van der Waals surface area contributed by atoms with Crippen molar-refractivity contribution in [3.05, 3.63) is 29.3 Å². The molecule has 1 heterocycles. The maximum Gasteiger partial charge on any atom is 0.0375 e. The van der Waals surface area contributed by atoms with Crippen molar-refractivity contribution in [3.63, 3.8) is 0 Å². The standard InChI is InChI=1S/C19H32N2/c1-14(2)17-6-7-19(18(12-17)15(3)4)20-13-16-8-10-21(5)11-9-16/h6-7,12,14-16,20H,8-11,13H2,1-5H3. The molecule has 2 nitrogen and oxygen atoms in total. The molecule has 0 atom stereocenters. The molecule has 1 aliphatic rings. The highest BCUT2D eigenvalue weighted by Gasteiger charge is 2.17. The number of anilines is 1. The van der Waals surface area contributed by atoms with Gasteiger partial charge >= 0.3 is 0 Å². The summed E-state index contributed by atoms with van der Waals surface area (Å²) in [7, 11) is 2.23. The van der Waals surface area contributed by atoms with Crippen LogP contribution in [0.4, 0.5) is 5.69 Å². The van der Waals surface area contributed by atoms with Gasteiger partial charge in [-0.3, -0.25) is 0 Å². The first-order valence-corrected chi connectivity index (χ1v) is 8.53. The highest BCUT2D eigenvalue weighted by atomic mass is 15.1. The molecule has 1 saturated heterocycles. The molecule has 2 heteroatoms. The van der Waals surface area contributed by atoms with Gasteiger partial charge in [-0.1, -0.05) is 39.8 Å². The van der Waals surface area contributed by atoms with Crippen LogP contribution in [0.5, 0.6) is 0 Å². The molecule has 0 radical (unpaired) electrons. The van der Waals surface area contributed by atoms with Crippen LogP contribution in [0.1, 0.15) is 63.5 Å². The zero-order chi connectivity index (χ0) is 15.4. The van der Waals surface area contributed by atoms with Gasteiger partial charge in [0.25, 0.3) is 0 Å². The lowest BCUT2D eigenvalue weighted by atomic mass is 9.93. The number of nitrogens with zero attached hydrogens (tertiary/aromatic N) is 1. The van der Waals surface area contributed by atoms with Gasteiger partial charge in [-0.25, -0.2) is 0 Å². The largest absolute Gasteiger partial charge is 0.385 e. The van der Waals surface area contributed by atoms with Gasteiger partial charge in [-0.15, -0.1) is 0 Å². The Morgan fingerprint density at radius 2 is 1.76 bits per heavy atom. The minimum absolute atomic E-state index is 0.573. The zero-order valence-electron chi connectivity index (χ0n) is 14.4. The number of likely N-dealkylation sites (tertiary alicyclic amines) is 1. The third kappa shape index (κ3) is 4.47. The van der Waals surface area contributed by atoms with Crippen molar-refractivity contribution in [1.29, 1.82) is 0 Å². The number of rotatable bonds is 5. The molecule has 0 spiro atoms. The summed E-state index contributed by atoms with van der Waals surface area (Å²) in [6.07, 6.45) is 2.65. The minimum Gasteiger partial charge on any atom is -0.385 e. The molecular formula is C19H32N2. The predicted molar refractivity (Wildman–Crippen MR) is 93.3 cm³/mol. The fraction of sp³-hybridized carbons (Fsp3) is 0.684. The molecule has 0 bridgehead atoms. The van der Waals surface area contributed by atoms with E-state index in [1.54, 1.807) is 0 Å². The normalized spacial score (nSPS) is 17.7. The quantitative estimate of drug-likeness (QED) is 0.845. The van der Waals surface area contributed by atoms with E-state index in [0.717, 1.165) is 12.5 Å². The van der Waals surface area contributed by atoms with Crippen LogP contribution in [-0.4, -0.2) is 31.6 Å². The third-order valence-electron chi connectivity index (χ3n) is 4.78. The fourth-order valence-corrected chi connectivity index (χ4v) is 3.10. The summed E-state index contributed by atoms with van der Waals surface area (Å²) < 4.78 is 0. The van der Waals surface area contributed by atoms with Crippen LogP contribution in [0.25, 0.3) is 0 Å². The van der Waals surface area contributed by atoms with Gasteiger partial charge < -0.3 is 10.2 Å². The van der Waals surface area contributed by atoms with Crippen molar-refractivity contribution < 1.29 is 0 Å². The summed E-state index contributed by atoms with van der Waals surface area (Å²) >= 11 is 0. The summed E-state index contributed by atoms with van der Waals surface area (Å²) in [5.41, 5.74) is 4.26. The highest BCUT2D eigenvalue weighted by Crippen LogP contribution is 2.29. The Balaban J connectivity index is 2.02. The first kappa shape index (κ1) is 16.4. The van der Waals surface area contributed by atoms with E-state index in [1.165, 1.54) is 42.7 Å². The fourth-order valence-electron chi connectivity index (χ4n) is 3.10. The summed E-state index contributed by atoms with van der Waals surface area (Å²) in [5.74, 6) is 2.00. The van der Waals surface area contributed by atoms with E-state index in [0.29, 0.717) is 11.8 Å². The number of benzene rings is 1. The Hall–Kier alpha value is -1.02. The van der Waals surface area contributed by atoms with Gasteiger partial charge in [0, 0.05) is 12.2 Å². The van der Waals surface area contributed by atoms with E-state index in [1.807, 2.05) is 0 Å². The molecule has 1 aromatic rings. The van der Waals surface area contributed by atoms with Gasteiger partial charge in [-0.2, -0.15) is 0 Å². The van der Waals surface area contributed by atoms with Crippen molar-refractivity contribution >= 4 is 5.69 Å². The second kappa shape index (κ2) is 7.31. The number of nitrogens with one attached hydrogen (secondary N) is 1. The molecule has 118 valence electrons. The Morgan fingerprint density at radius 1 is 1.10 bits per heavy atom. The molecule has 2 rings (SSSR count). The number of hydrogen-bond acceptors (Lipinski definition) is 2. The Kier molecular flexibility index (Phi) is 5.69. The van der Waals surface area contributed by atoms with Crippen molar-refractivity contribution in [1.82, 2.24) is 4.90 Å². The predicted octanol–water partition coefficient (Wildman–Crippen LogP) is 4.69. The van der Waals surface area contributed by atoms with E-state index >= 15 is 0 Å². The molecule has 1 fully saturated rings. The average Bonchev–Trinajstić information content (AvgIpc) is 2.46. The van der Waals surface area contributed by atoms with Gasteiger partial charge in [0.15, 0.2) is 0 Å². The first-order chi connectivity index (χ1) is 9.97. The second-order valence-corrected chi connectivity index (χ2v) is 7.28. The number of piperidine rings is 1. The van der Waals surface area contributed by atoms with E-state index < -0.39 is 0 Å². The maximum absolute atomic E-state index is 3.73.